The fourth-order valence-corrected chi connectivity index (χ4v) is 2.95. The molecule has 0 bridgehead atoms. The van der Waals surface area contributed by atoms with Crippen molar-refractivity contribution in [2.75, 3.05) is 11.9 Å². The van der Waals surface area contributed by atoms with Crippen LogP contribution in [0.25, 0.3) is 17.2 Å². The second-order valence-electron chi connectivity index (χ2n) is 5.57. The van der Waals surface area contributed by atoms with Crippen molar-refractivity contribution in [1.29, 1.82) is 0 Å². The third kappa shape index (κ3) is 3.62. The highest BCUT2D eigenvalue weighted by Crippen LogP contribution is 2.38. The van der Waals surface area contributed by atoms with Gasteiger partial charge in [-0.2, -0.15) is 0 Å². The summed E-state index contributed by atoms with van der Waals surface area (Å²) in [7, 11) is 0. The van der Waals surface area contributed by atoms with Crippen molar-refractivity contribution in [3.05, 3.63) is 53.1 Å². The Balaban J connectivity index is 2.07. The van der Waals surface area contributed by atoms with E-state index in [1.54, 1.807) is 12.1 Å². The van der Waals surface area contributed by atoms with Gasteiger partial charge in [-0.15, -0.1) is 13.2 Å². The van der Waals surface area contributed by atoms with E-state index in [9.17, 15) is 18.3 Å². The van der Waals surface area contributed by atoms with Crippen molar-refractivity contribution in [1.82, 2.24) is 0 Å². The third-order valence-corrected chi connectivity index (χ3v) is 4.03. The molecule has 1 aliphatic rings. The number of hydrogen-bond donors (Lipinski definition) is 3. The third-order valence-electron chi connectivity index (χ3n) is 4.03. The Morgan fingerprint density at radius 3 is 2.52 bits per heavy atom. The van der Waals surface area contributed by atoms with Crippen LogP contribution in [0.2, 0.25) is 0 Å². The van der Waals surface area contributed by atoms with Crippen LogP contribution >= 0.6 is 0 Å². The standard InChI is InChI=1S/C18H17F3N2O2/c19-18(20,21)25-13-5-3-11(4-6-13)15-8-12(9-22)16(10-24)14-2-1-7-23-17(14)15/h1-6,8,23-24H,7,9-10,22H2. The van der Waals surface area contributed by atoms with Gasteiger partial charge in [0.2, 0.25) is 0 Å². The minimum atomic E-state index is -4.72. The van der Waals surface area contributed by atoms with Gasteiger partial charge in [-0.05, 0) is 34.9 Å². The summed E-state index contributed by atoms with van der Waals surface area (Å²) in [4.78, 5) is 0. The second kappa shape index (κ2) is 6.78. The van der Waals surface area contributed by atoms with E-state index in [0.29, 0.717) is 6.54 Å². The summed E-state index contributed by atoms with van der Waals surface area (Å²) in [6, 6.07) is 7.54. The molecule has 4 nitrogen and oxygen atoms in total. The quantitative estimate of drug-likeness (QED) is 0.788. The molecule has 132 valence electrons. The number of nitrogens with two attached hydrogens (primary N) is 1. The first kappa shape index (κ1) is 17.3. The van der Waals surface area contributed by atoms with Crippen LogP contribution in [0.1, 0.15) is 16.7 Å². The fourth-order valence-electron chi connectivity index (χ4n) is 2.95. The summed E-state index contributed by atoms with van der Waals surface area (Å²) in [5.41, 5.74) is 10.6. The van der Waals surface area contributed by atoms with Crippen molar-refractivity contribution in [3.63, 3.8) is 0 Å². The predicted octanol–water partition coefficient (Wildman–Crippen LogP) is 3.64. The smallest absolute Gasteiger partial charge is 0.406 e. The number of aliphatic hydroxyl groups is 1. The molecular weight excluding hydrogens is 333 g/mol. The number of nitrogens with one attached hydrogen (secondary N) is 1. The number of alkyl halides is 3. The highest BCUT2D eigenvalue weighted by atomic mass is 19.4. The van der Waals surface area contributed by atoms with Crippen LogP contribution in [0.4, 0.5) is 18.9 Å². The zero-order chi connectivity index (χ0) is 18.0. The Labute approximate surface area is 142 Å². The lowest BCUT2D eigenvalue weighted by Crippen LogP contribution is -2.17. The predicted molar refractivity (Wildman–Crippen MR) is 89.9 cm³/mol. The van der Waals surface area contributed by atoms with Gasteiger partial charge in [0.05, 0.1) is 6.61 Å². The SMILES string of the molecule is NCc1cc(-c2ccc(OC(F)(F)F)cc2)c2c(c1CO)C=CCN2. The number of hydrogen-bond acceptors (Lipinski definition) is 4. The Morgan fingerprint density at radius 2 is 1.92 bits per heavy atom. The first-order chi connectivity index (χ1) is 11.9. The van der Waals surface area contributed by atoms with Crippen LogP contribution in [0.15, 0.2) is 36.4 Å². The first-order valence-corrected chi connectivity index (χ1v) is 7.69. The fraction of sp³-hybridized carbons (Fsp3) is 0.222. The van der Waals surface area contributed by atoms with E-state index in [4.69, 9.17) is 5.73 Å². The molecule has 4 N–H and O–H groups in total. The summed E-state index contributed by atoms with van der Waals surface area (Å²) in [6.07, 6.45) is -0.866. The van der Waals surface area contributed by atoms with Crippen LogP contribution < -0.4 is 15.8 Å². The molecule has 1 heterocycles. The van der Waals surface area contributed by atoms with Crippen LogP contribution in [0.5, 0.6) is 5.75 Å². The summed E-state index contributed by atoms with van der Waals surface area (Å²) in [5, 5.41) is 12.9. The molecule has 2 aromatic carbocycles. The van der Waals surface area contributed by atoms with Crippen molar-refractivity contribution in [2.24, 2.45) is 5.73 Å². The molecule has 2 aromatic rings. The van der Waals surface area contributed by atoms with Crippen molar-refractivity contribution >= 4 is 11.8 Å². The molecule has 0 saturated carbocycles. The van der Waals surface area contributed by atoms with E-state index in [-0.39, 0.29) is 18.9 Å². The highest BCUT2D eigenvalue weighted by molar-refractivity contribution is 5.88. The van der Waals surface area contributed by atoms with Gasteiger partial charge in [-0.25, -0.2) is 0 Å². The lowest BCUT2D eigenvalue weighted by Gasteiger charge is -2.23. The van der Waals surface area contributed by atoms with Gasteiger partial charge >= 0.3 is 6.36 Å². The molecular formula is C18H17F3N2O2. The van der Waals surface area contributed by atoms with E-state index in [0.717, 1.165) is 33.5 Å². The molecule has 0 amide bonds. The normalized spacial score (nSPS) is 13.3. The summed E-state index contributed by atoms with van der Waals surface area (Å²) < 4.78 is 40.8. The van der Waals surface area contributed by atoms with Crippen LogP contribution in [-0.2, 0) is 13.2 Å². The monoisotopic (exact) mass is 350 g/mol. The molecule has 7 heteroatoms. The van der Waals surface area contributed by atoms with Crippen molar-refractivity contribution < 1.29 is 23.0 Å². The maximum absolute atomic E-state index is 12.3. The topological polar surface area (TPSA) is 67.5 Å². The van der Waals surface area contributed by atoms with Crippen LogP contribution in [0.3, 0.4) is 0 Å². The molecule has 0 aromatic heterocycles. The van der Waals surface area contributed by atoms with Gasteiger partial charge < -0.3 is 20.9 Å². The Morgan fingerprint density at radius 1 is 1.20 bits per heavy atom. The number of ether oxygens (including phenoxy) is 1. The van der Waals surface area contributed by atoms with Gasteiger partial charge in [0.1, 0.15) is 5.75 Å². The molecule has 3 rings (SSSR count). The Kier molecular flexibility index (Phi) is 4.69. The number of rotatable bonds is 4. The minimum absolute atomic E-state index is 0.139. The Hall–Kier alpha value is -2.51. The minimum Gasteiger partial charge on any atom is -0.406 e. The average molecular weight is 350 g/mol. The molecule has 0 aliphatic carbocycles. The number of benzene rings is 2. The lowest BCUT2D eigenvalue weighted by molar-refractivity contribution is -0.274. The van der Waals surface area contributed by atoms with E-state index < -0.39 is 6.36 Å². The van der Waals surface area contributed by atoms with Gasteiger partial charge in [0.25, 0.3) is 0 Å². The van der Waals surface area contributed by atoms with Gasteiger partial charge in [0.15, 0.2) is 0 Å². The molecule has 1 aliphatic heterocycles. The van der Waals surface area contributed by atoms with E-state index in [1.165, 1.54) is 12.1 Å². The highest BCUT2D eigenvalue weighted by Gasteiger charge is 2.31. The molecule has 0 saturated heterocycles. The number of anilines is 1. The molecule has 0 atom stereocenters. The van der Waals surface area contributed by atoms with E-state index >= 15 is 0 Å². The molecule has 0 radical (unpaired) electrons. The zero-order valence-electron chi connectivity index (χ0n) is 13.2. The number of halogens is 3. The maximum atomic E-state index is 12.3. The summed E-state index contributed by atoms with van der Waals surface area (Å²) >= 11 is 0. The molecule has 0 spiro atoms. The van der Waals surface area contributed by atoms with Crippen molar-refractivity contribution in [3.8, 4) is 16.9 Å². The Bertz CT molecular complexity index is 799. The first-order valence-electron chi connectivity index (χ1n) is 7.69. The average Bonchev–Trinajstić information content (AvgIpc) is 2.59. The summed E-state index contributed by atoms with van der Waals surface area (Å²) in [5.74, 6) is -0.274. The number of aliphatic hydroxyl groups excluding tert-OH is 1. The molecule has 25 heavy (non-hydrogen) atoms. The van der Waals surface area contributed by atoms with E-state index in [1.807, 2.05) is 18.2 Å². The van der Waals surface area contributed by atoms with Crippen LogP contribution in [-0.4, -0.2) is 18.0 Å². The lowest BCUT2D eigenvalue weighted by atomic mass is 9.90. The van der Waals surface area contributed by atoms with Crippen molar-refractivity contribution in [2.45, 2.75) is 19.5 Å². The number of fused-ring (bicyclic) bond motifs is 1. The second-order valence-corrected chi connectivity index (χ2v) is 5.57. The van der Waals surface area contributed by atoms with Gasteiger partial charge in [-0.3, -0.25) is 0 Å². The van der Waals surface area contributed by atoms with Crippen LogP contribution in [0, 0.1) is 0 Å². The maximum Gasteiger partial charge on any atom is 0.573 e. The largest absolute Gasteiger partial charge is 0.573 e. The van der Waals surface area contributed by atoms with Gasteiger partial charge in [-0.1, -0.05) is 24.3 Å². The zero-order valence-corrected chi connectivity index (χ0v) is 13.2. The molecule has 0 fully saturated rings. The molecule has 0 unspecified atom stereocenters. The van der Waals surface area contributed by atoms with Gasteiger partial charge in [0, 0.05) is 29.9 Å². The summed E-state index contributed by atoms with van der Waals surface area (Å²) in [6.45, 7) is 0.737. The van der Waals surface area contributed by atoms with E-state index in [2.05, 4.69) is 10.1 Å².